The predicted octanol–water partition coefficient (Wildman–Crippen LogP) is 7.18. The number of piperidine rings is 1. The van der Waals surface area contributed by atoms with Gasteiger partial charge in [0.25, 0.3) is 11.8 Å². The third-order valence-corrected chi connectivity index (χ3v) is 15.3. The second-order valence-corrected chi connectivity index (χ2v) is 21.6. The molecule has 3 saturated heterocycles. The molecule has 8 rings (SSSR count). The Morgan fingerprint density at radius 1 is 1.00 bits per heavy atom. The molecule has 3 fully saturated rings. The van der Waals surface area contributed by atoms with Crippen LogP contribution < -0.4 is 10.6 Å². The maximum Gasteiger partial charge on any atom is 0.589 e. The molecule has 0 spiro atoms. The van der Waals surface area contributed by atoms with Crippen molar-refractivity contribution < 1.29 is 56.5 Å². The first-order valence-corrected chi connectivity index (χ1v) is 26.0. The number of likely N-dealkylation sites (tertiary alicyclic amines) is 1. The predicted molar refractivity (Wildman–Crippen MR) is 260 cm³/mol. The number of nitrogens with one attached hydrogen (secondary N) is 2. The molecule has 1 aromatic heterocycles. The minimum absolute atomic E-state index is 0.118. The van der Waals surface area contributed by atoms with E-state index in [0.717, 1.165) is 65.8 Å². The van der Waals surface area contributed by atoms with Gasteiger partial charge >= 0.3 is 13.7 Å². The van der Waals surface area contributed by atoms with Crippen LogP contribution in [0.3, 0.4) is 0 Å². The van der Waals surface area contributed by atoms with Gasteiger partial charge in [0.15, 0.2) is 0 Å². The molecule has 3 N–H and O–H groups in total. The number of nitrogens with zero attached hydrogens (tertiary/aromatic N) is 3. The Balaban J connectivity index is 0.887. The number of thiophene rings is 1. The van der Waals surface area contributed by atoms with Crippen molar-refractivity contribution in [3.8, 4) is 11.8 Å². The van der Waals surface area contributed by atoms with Crippen molar-refractivity contribution in [1.82, 2.24) is 25.3 Å². The molecule has 4 aliphatic rings. The number of hydrogen-bond acceptors (Lipinski definition) is 10. The Morgan fingerprint density at radius 3 is 2.52 bits per heavy atom. The zero-order valence-corrected chi connectivity index (χ0v) is 41.5. The van der Waals surface area contributed by atoms with E-state index in [1.54, 1.807) is 37.8 Å². The minimum Gasteiger partial charge on any atom is -0.376 e. The third-order valence-electron chi connectivity index (χ3n) is 13.5. The average Bonchev–Trinajstić information content (AvgIpc) is 4.08. The molecule has 2 unspecified atom stereocenters. The summed E-state index contributed by atoms with van der Waals surface area (Å²) in [6, 6.07) is 17.2. The Bertz CT molecular complexity index is 2790. The van der Waals surface area contributed by atoms with Gasteiger partial charge in [-0.05, 0) is 82.2 Å². The van der Waals surface area contributed by atoms with E-state index < -0.39 is 66.6 Å². The zero-order chi connectivity index (χ0) is 50.6. The number of halogens is 2. The molecule has 71 heavy (non-hydrogen) atoms. The number of benzene rings is 3. The van der Waals surface area contributed by atoms with Gasteiger partial charge < -0.3 is 29.5 Å². The van der Waals surface area contributed by atoms with E-state index >= 15 is 0 Å². The Labute approximate surface area is 415 Å². The van der Waals surface area contributed by atoms with Crippen molar-refractivity contribution in [3.63, 3.8) is 0 Å². The summed E-state index contributed by atoms with van der Waals surface area (Å²) in [5.41, 5.74) is -2.50. The number of unbranched alkanes of at least 4 members (excludes halogenated alkanes) is 4. The van der Waals surface area contributed by atoms with Crippen molar-refractivity contribution >= 4 is 64.9 Å². The SMILES string of the molecule is CC(C)(C)[C@H](NC(=O)c1cc2cc(C(F)(F)[P+](=O)O)ccc2s1)C(=O)N1C[C@@H](OCCCCCCC#Cc2cccc3c2CN(C2CCC(=O)NC2=O)C3=O)C[C@H]1C(=O)N1CCO[C@H](c2ccccc2)C1. The van der Waals surface area contributed by atoms with Gasteiger partial charge in [0, 0.05) is 61.3 Å². The van der Waals surface area contributed by atoms with Crippen molar-refractivity contribution in [3.05, 3.63) is 105 Å². The van der Waals surface area contributed by atoms with Crippen LogP contribution in [-0.4, -0.2) is 112 Å². The molecule has 5 heterocycles. The van der Waals surface area contributed by atoms with Gasteiger partial charge in [0.05, 0.1) is 29.7 Å². The van der Waals surface area contributed by atoms with E-state index in [-0.39, 0.29) is 66.4 Å². The number of carbonyl (C=O) groups is 6. The van der Waals surface area contributed by atoms with E-state index in [4.69, 9.17) is 9.47 Å². The molecule has 4 aromatic rings. The van der Waals surface area contributed by atoms with Gasteiger partial charge in [-0.15, -0.1) is 20.1 Å². The van der Waals surface area contributed by atoms with Gasteiger partial charge in [-0.2, -0.15) is 4.89 Å². The first-order chi connectivity index (χ1) is 33.9. The molecule has 0 saturated carbocycles. The summed E-state index contributed by atoms with van der Waals surface area (Å²) in [6.45, 7) is 7.12. The first-order valence-electron chi connectivity index (χ1n) is 23.9. The highest BCUT2D eigenvalue weighted by molar-refractivity contribution is 7.39. The summed E-state index contributed by atoms with van der Waals surface area (Å²) < 4.78 is 53.1. The van der Waals surface area contributed by atoms with Gasteiger partial charge in [0.2, 0.25) is 23.6 Å². The van der Waals surface area contributed by atoms with E-state index in [1.807, 2.05) is 36.4 Å². The molecule has 19 heteroatoms. The number of amides is 6. The van der Waals surface area contributed by atoms with Crippen LogP contribution in [0.5, 0.6) is 0 Å². The molecule has 0 radical (unpaired) electrons. The summed E-state index contributed by atoms with van der Waals surface area (Å²) >= 11 is 1.03. The number of rotatable bonds is 15. The highest BCUT2D eigenvalue weighted by atomic mass is 32.1. The molecular weight excluding hydrogens is 956 g/mol. The molecule has 15 nitrogen and oxygen atoms in total. The fraction of sp³-hybridized carbons (Fsp3) is 0.462. The summed E-state index contributed by atoms with van der Waals surface area (Å²) in [7, 11) is -3.84. The molecule has 6 amide bonds. The monoisotopic (exact) mass is 1010 g/mol. The van der Waals surface area contributed by atoms with Crippen LogP contribution in [0.15, 0.2) is 72.8 Å². The quantitative estimate of drug-likeness (QED) is 0.0476. The number of carbonyl (C=O) groups excluding carboxylic acids is 6. The van der Waals surface area contributed by atoms with Crippen LogP contribution in [-0.2, 0) is 45.4 Å². The van der Waals surface area contributed by atoms with Crippen molar-refractivity contribution in [1.29, 1.82) is 0 Å². The van der Waals surface area contributed by atoms with E-state index in [9.17, 15) is 47.0 Å². The lowest BCUT2D eigenvalue weighted by Crippen LogP contribution is -2.58. The second-order valence-electron chi connectivity index (χ2n) is 19.4. The number of ether oxygens (including phenoxy) is 2. The number of imide groups is 1. The van der Waals surface area contributed by atoms with Crippen molar-refractivity contribution in [2.24, 2.45) is 5.41 Å². The highest BCUT2D eigenvalue weighted by Gasteiger charge is 2.54. The van der Waals surface area contributed by atoms with Gasteiger partial charge in [-0.3, -0.25) is 34.1 Å². The molecule has 0 bridgehead atoms. The van der Waals surface area contributed by atoms with Crippen LogP contribution in [0, 0.1) is 17.3 Å². The lowest BCUT2D eigenvalue weighted by atomic mass is 9.85. The summed E-state index contributed by atoms with van der Waals surface area (Å²) in [5.74, 6) is 4.10. The zero-order valence-electron chi connectivity index (χ0n) is 39.8. The molecular formula is C52H57F2N5O10PS+. The topological polar surface area (TPSA) is 192 Å². The Morgan fingerprint density at radius 2 is 1.77 bits per heavy atom. The van der Waals surface area contributed by atoms with Crippen molar-refractivity contribution in [2.75, 3.05) is 32.8 Å². The summed E-state index contributed by atoms with van der Waals surface area (Å²) in [6.07, 6.45) is 3.84. The summed E-state index contributed by atoms with van der Waals surface area (Å²) in [4.78, 5) is 94.8. The van der Waals surface area contributed by atoms with Crippen LogP contribution >= 0.6 is 19.4 Å². The van der Waals surface area contributed by atoms with E-state index in [0.29, 0.717) is 43.0 Å². The van der Waals surface area contributed by atoms with Crippen LogP contribution in [0.4, 0.5) is 8.78 Å². The second kappa shape index (κ2) is 21.8. The molecule has 6 atom stereocenters. The lowest BCUT2D eigenvalue weighted by Gasteiger charge is -2.38. The third kappa shape index (κ3) is 11.6. The Kier molecular flexibility index (Phi) is 15.8. The van der Waals surface area contributed by atoms with Crippen molar-refractivity contribution in [2.45, 2.75) is 115 Å². The van der Waals surface area contributed by atoms with E-state index in [2.05, 4.69) is 22.5 Å². The van der Waals surface area contributed by atoms with Crippen LogP contribution in [0.25, 0.3) is 10.1 Å². The van der Waals surface area contributed by atoms with E-state index in [1.165, 1.54) is 21.9 Å². The molecule has 3 aromatic carbocycles. The highest BCUT2D eigenvalue weighted by Crippen LogP contribution is 2.48. The normalized spacial score (nSPS) is 21.1. The smallest absolute Gasteiger partial charge is 0.376 e. The Hall–Kier alpha value is -5.96. The minimum atomic E-state index is -3.98. The molecule has 4 aliphatic heterocycles. The van der Waals surface area contributed by atoms with Gasteiger partial charge in [-0.1, -0.05) is 81.9 Å². The lowest BCUT2D eigenvalue weighted by molar-refractivity contribution is -0.150. The molecule has 374 valence electrons. The number of hydrogen-bond donors (Lipinski definition) is 3. The van der Waals surface area contributed by atoms with Gasteiger partial charge in [-0.25, -0.2) is 0 Å². The maximum atomic E-state index is 14.8. The maximum absolute atomic E-state index is 14.8. The fourth-order valence-electron chi connectivity index (χ4n) is 9.57. The molecule has 0 aliphatic carbocycles. The first kappa shape index (κ1) is 51.4. The fourth-order valence-corrected chi connectivity index (χ4v) is 10.9. The van der Waals surface area contributed by atoms with Crippen LogP contribution in [0.2, 0.25) is 0 Å². The number of alkyl halides is 2. The average molecular weight is 1010 g/mol. The van der Waals surface area contributed by atoms with Gasteiger partial charge in [0.1, 0.15) is 24.2 Å². The standard InChI is InChI=1S/C52H56F2N5O10PS/c1-51(2,3)45(56-47(62)43-27-34-26-35(19-21-42(34)71-43)52(53,54)70(66)67)50(65)58-29-36(28-40(58)49(64)57-23-25-69-41(31-57)33-15-10-8-11-16-33)68-24-12-7-5-4-6-9-14-32-17-13-18-37-38(32)30-59(48(37)63)39-20-22-44(60)55-46(39)61/h8,10-11,13,15-19,21,26-27,36,39-41,45H,4-7,12,20,22-25,28-31H2,1-3H3,(H2-,55,56,60,61,62,66,67)/p+1/t36-,39?,40-,41-,45+/m0/s1. The number of fused-ring (bicyclic) bond motifs is 2. The largest absolute Gasteiger partial charge is 0.589 e. The number of morpholine rings is 1. The van der Waals surface area contributed by atoms with Crippen LogP contribution in [0.1, 0.15) is 121 Å². The summed E-state index contributed by atoms with van der Waals surface area (Å²) in [5, 5.41) is 5.49.